The summed E-state index contributed by atoms with van der Waals surface area (Å²) >= 11 is 0. The number of primary amides is 1. The molecule has 0 aromatic heterocycles. The topological polar surface area (TPSA) is 43.1 Å². The highest BCUT2D eigenvalue weighted by Crippen LogP contribution is 2.60. The Kier molecular flexibility index (Phi) is 2.29. The zero-order valence-corrected chi connectivity index (χ0v) is 10.4. The molecule has 17 heavy (non-hydrogen) atoms. The number of fused-ring (bicyclic) bond motifs is 5. The first-order chi connectivity index (χ1) is 8.11. The minimum Gasteiger partial charge on any atom is -0.366 e. The highest BCUT2D eigenvalue weighted by molar-refractivity contribution is 5.95. The summed E-state index contributed by atoms with van der Waals surface area (Å²) < 4.78 is 0. The fraction of sp³-hybridized carbons (Fsp3) is 0.533. The molecule has 0 radical (unpaired) electrons. The Bertz CT molecular complexity index is 478. The summed E-state index contributed by atoms with van der Waals surface area (Å²) in [5, 5.41) is 0. The van der Waals surface area contributed by atoms with Crippen LogP contribution in [0.3, 0.4) is 0 Å². The molecule has 1 aromatic carbocycles. The van der Waals surface area contributed by atoms with E-state index in [-0.39, 0.29) is 5.91 Å². The molecular weight excluding hydrogens is 210 g/mol. The van der Waals surface area contributed by atoms with Gasteiger partial charge in [0.05, 0.1) is 0 Å². The number of rotatable bonds is 2. The van der Waals surface area contributed by atoms with Crippen LogP contribution < -0.4 is 5.73 Å². The largest absolute Gasteiger partial charge is 0.366 e. The molecule has 0 spiro atoms. The molecule has 2 aliphatic carbocycles. The first kappa shape index (κ1) is 10.8. The third-order valence-corrected chi connectivity index (χ3v) is 4.66. The Morgan fingerprint density at radius 2 is 2.00 bits per heavy atom. The van der Waals surface area contributed by atoms with Crippen molar-refractivity contribution in [1.29, 1.82) is 0 Å². The number of carbonyl (C=O) groups excluding carboxylic acids is 1. The van der Waals surface area contributed by atoms with Crippen LogP contribution in [-0.4, -0.2) is 5.91 Å². The molecule has 2 nitrogen and oxygen atoms in total. The Morgan fingerprint density at radius 3 is 2.65 bits per heavy atom. The normalized spacial score (nSPS) is 29.7. The van der Waals surface area contributed by atoms with Crippen molar-refractivity contribution in [1.82, 2.24) is 0 Å². The summed E-state index contributed by atoms with van der Waals surface area (Å²) in [6.07, 6.45) is 2.51. The third-order valence-electron chi connectivity index (χ3n) is 4.66. The van der Waals surface area contributed by atoms with Gasteiger partial charge in [-0.2, -0.15) is 0 Å². The van der Waals surface area contributed by atoms with E-state index in [1.807, 2.05) is 12.1 Å². The van der Waals surface area contributed by atoms with Gasteiger partial charge in [0.1, 0.15) is 0 Å². The summed E-state index contributed by atoms with van der Waals surface area (Å²) in [4.78, 5) is 11.5. The molecule has 2 bridgehead atoms. The second-order valence-corrected chi connectivity index (χ2v) is 5.78. The second-order valence-electron chi connectivity index (χ2n) is 5.78. The zero-order valence-electron chi connectivity index (χ0n) is 10.4. The molecular formula is C15H19NO. The monoisotopic (exact) mass is 229 g/mol. The molecule has 1 saturated carbocycles. The first-order valence-electron chi connectivity index (χ1n) is 6.54. The minimum atomic E-state index is -0.267. The van der Waals surface area contributed by atoms with Crippen molar-refractivity contribution >= 4 is 5.91 Å². The van der Waals surface area contributed by atoms with E-state index in [1.54, 1.807) is 0 Å². The van der Waals surface area contributed by atoms with Crippen molar-refractivity contribution in [2.45, 2.75) is 38.5 Å². The maximum atomic E-state index is 11.5. The van der Waals surface area contributed by atoms with Crippen LogP contribution in [0.1, 0.15) is 60.0 Å². The van der Waals surface area contributed by atoms with Gasteiger partial charge in [0.2, 0.25) is 5.91 Å². The fourth-order valence-corrected chi connectivity index (χ4v) is 4.19. The number of amides is 1. The van der Waals surface area contributed by atoms with Crippen molar-refractivity contribution < 1.29 is 4.79 Å². The quantitative estimate of drug-likeness (QED) is 0.832. The first-order valence-corrected chi connectivity index (χ1v) is 6.54. The molecule has 1 aromatic rings. The van der Waals surface area contributed by atoms with Gasteiger partial charge in [-0.3, -0.25) is 4.79 Å². The smallest absolute Gasteiger partial charge is 0.248 e. The van der Waals surface area contributed by atoms with Gasteiger partial charge in [-0.25, -0.2) is 0 Å². The van der Waals surface area contributed by atoms with E-state index in [9.17, 15) is 4.79 Å². The molecule has 2 heteroatoms. The van der Waals surface area contributed by atoms with E-state index in [0.29, 0.717) is 23.7 Å². The average Bonchev–Trinajstić information content (AvgIpc) is 2.84. The summed E-state index contributed by atoms with van der Waals surface area (Å²) in [5.74, 6) is 2.36. The van der Waals surface area contributed by atoms with Crippen LogP contribution in [0, 0.1) is 11.8 Å². The van der Waals surface area contributed by atoms with Crippen LogP contribution >= 0.6 is 0 Å². The van der Waals surface area contributed by atoms with Gasteiger partial charge >= 0.3 is 0 Å². The highest BCUT2D eigenvalue weighted by Gasteiger charge is 2.48. The Labute approximate surface area is 102 Å². The van der Waals surface area contributed by atoms with Crippen molar-refractivity contribution in [2.24, 2.45) is 17.6 Å². The fourth-order valence-electron chi connectivity index (χ4n) is 4.19. The standard InChI is InChI=1S/C15H19NO/c1-8(2)13-10-6-7-11(13)14-9(10)4-3-5-12(14)15(16)17/h3-5,8,10-11,13H,6-7H2,1-2H3,(H2,16,17). The second kappa shape index (κ2) is 3.59. The summed E-state index contributed by atoms with van der Waals surface area (Å²) in [6.45, 7) is 4.59. The molecule has 3 rings (SSSR count). The van der Waals surface area contributed by atoms with E-state index in [0.717, 1.165) is 5.56 Å². The van der Waals surface area contributed by atoms with Crippen LogP contribution in [-0.2, 0) is 0 Å². The van der Waals surface area contributed by atoms with Crippen LogP contribution in [0.5, 0.6) is 0 Å². The maximum absolute atomic E-state index is 11.5. The van der Waals surface area contributed by atoms with Crippen LogP contribution in [0.4, 0.5) is 0 Å². The minimum absolute atomic E-state index is 0.267. The lowest BCUT2D eigenvalue weighted by Gasteiger charge is -2.20. The van der Waals surface area contributed by atoms with Crippen molar-refractivity contribution in [3.05, 3.63) is 34.9 Å². The van der Waals surface area contributed by atoms with Gasteiger partial charge in [0.15, 0.2) is 0 Å². The van der Waals surface area contributed by atoms with Gasteiger partial charge in [-0.05, 0) is 53.7 Å². The summed E-state index contributed by atoms with van der Waals surface area (Å²) in [6, 6.07) is 6.07. The van der Waals surface area contributed by atoms with E-state index < -0.39 is 0 Å². The Hall–Kier alpha value is -1.31. The predicted molar refractivity (Wildman–Crippen MR) is 68.0 cm³/mol. The van der Waals surface area contributed by atoms with Gasteiger partial charge in [0, 0.05) is 5.56 Å². The summed E-state index contributed by atoms with van der Waals surface area (Å²) in [5.41, 5.74) is 8.94. The number of benzene rings is 1. The van der Waals surface area contributed by atoms with E-state index >= 15 is 0 Å². The SMILES string of the molecule is CC(C)C1C2CCC1c1c(C(N)=O)cccc12. The molecule has 1 amide bonds. The zero-order chi connectivity index (χ0) is 12.2. The van der Waals surface area contributed by atoms with Crippen molar-refractivity contribution in [2.75, 3.05) is 0 Å². The Balaban J connectivity index is 2.15. The molecule has 0 aliphatic heterocycles. The van der Waals surface area contributed by atoms with Crippen LogP contribution in [0.15, 0.2) is 18.2 Å². The van der Waals surface area contributed by atoms with E-state index in [2.05, 4.69) is 19.9 Å². The molecule has 0 saturated heterocycles. The number of nitrogens with two attached hydrogens (primary N) is 1. The number of hydrogen-bond donors (Lipinski definition) is 1. The van der Waals surface area contributed by atoms with Gasteiger partial charge in [0.25, 0.3) is 0 Å². The third kappa shape index (κ3) is 1.36. The van der Waals surface area contributed by atoms with Crippen LogP contribution in [0.2, 0.25) is 0 Å². The van der Waals surface area contributed by atoms with E-state index in [1.165, 1.54) is 24.0 Å². The lowest BCUT2D eigenvalue weighted by atomic mass is 9.84. The lowest BCUT2D eigenvalue weighted by molar-refractivity contribution is 0.0998. The molecule has 2 aliphatic rings. The Morgan fingerprint density at radius 1 is 1.29 bits per heavy atom. The molecule has 0 heterocycles. The van der Waals surface area contributed by atoms with Gasteiger partial charge < -0.3 is 5.73 Å². The van der Waals surface area contributed by atoms with Crippen molar-refractivity contribution in [3.63, 3.8) is 0 Å². The maximum Gasteiger partial charge on any atom is 0.248 e. The van der Waals surface area contributed by atoms with Gasteiger partial charge in [-0.1, -0.05) is 26.0 Å². The summed E-state index contributed by atoms with van der Waals surface area (Å²) in [7, 11) is 0. The highest BCUT2D eigenvalue weighted by atomic mass is 16.1. The molecule has 1 fully saturated rings. The van der Waals surface area contributed by atoms with Crippen LogP contribution in [0.25, 0.3) is 0 Å². The number of carbonyl (C=O) groups is 1. The average molecular weight is 229 g/mol. The molecule has 3 unspecified atom stereocenters. The van der Waals surface area contributed by atoms with Gasteiger partial charge in [-0.15, -0.1) is 0 Å². The van der Waals surface area contributed by atoms with E-state index in [4.69, 9.17) is 5.73 Å². The molecule has 3 atom stereocenters. The molecule has 90 valence electrons. The predicted octanol–water partition coefficient (Wildman–Crippen LogP) is 3.03. The molecule has 2 N–H and O–H groups in total. The lowest BCUT2D eigenvalue weighted by Crippen LogP contribution is -2.16. The van der Waals surface area contributed by atoms with Crippen molar-refractivity contribution in [3.8, 4) is 0 Å². The number of hydrogen-bond acceptors (Lipinski definition) is 1.